The lowest BCUT2D eigenvalue weighted by molar-refractivity contribution is -0.137. The van der Waals surface area contributed by atoms with Crippen LogP contribution in [0.1, 0.15) is 18.4 Å². The smallest absolute Gasteiger partial charge is 0.365 e. The monoisotopic (exact) mass is 362 g/mol. The van der Waals surface area contributed by atoms with E-state index in [0.717, 1.165) is 38.1 Å². The number of nitrogens with zero attached hydrogens (tertiary/aromatic N) is 4. The number of pyridine rings is 1. The quantitative estimate of drug-likeness (QED) is 0.750. The third-order valence-electron chi connectivity index (χ3n) is 4.39. The number of alkyl halides is 3. The highest BCUT2D eigenvalue weighted by Gasteiger charge is 2.31. The molecule has 0 aliphatic carbocycles. The van der Waals surface area contributed by atoms with E-state index < -0.39 is 11.7 Å². The molecule has 136 valence electrons. The molecule has 0 amide bonds. The molecule has 0 bridgehead atoms. The first-order chi connectivity index (χ1) is 12.5. The number of anilines is 1. The first kappa shape index (κ1) is 16.8. The average molecular weight is 362 g/mol. The number of hydrogen-bond acceptors (Lipinski definition) is 5. The van der Waals surface area contributed by atoms with Crippen molar-refractivity contribution < 1.29 is 13.2 Å². The summed E-state index contributed by atoms with van der Waals surface area (Å²) in [5.41, 5.74) is 0.623. The number of fused-ring (bicyclic) bond motifs is 1. The van der Waals surface area contributed by atoms with E-state index in [1.165, 1.54) is 12.4 Å². The fourth-order valence-electron chi connectivity index (χ4n) is 3.09. The van der Waals surface area contributed by atoms with E-state index in [-0.39, 0.29) is 11.7 Å². The van der Waals surface area contributed by atoms with E-state index in [9.17, 15) is 13.2 Å². The van der Waals surface area contributed by atoms with Crippen molar-refractivity contribution in [1.82, 2.24) is 24.7 Å². The molecule has 0 radical (unpaired) electrons. The Labute approximate surface area is 147 Å². The lowest BCUT2D eigenvalue weighted by Crippen LogP contribution is -2.38. The molecular weight excluding hydrogens is 345 g/mol. The minimum atomic E-state index is -4.40. The van der Waals surface area contributed by atoms with Crippen LogP contribution in [0.2, 0.25) is 0 Å². The maximum atomic E-state index is 12.8. The van der Waals surface area contributed by atoms with Crippen molar-refractivity contribution in [1.29, 1.82) is 0 Å². The van der Waals surface area contributed by atoms with Gasteiger partial charge in [0.25, 0.3) is 0 Å². The maximum Gasteiger partial charge on any atom is 0.416 e. The first-order valence-electron chi connectivity index (χ1n) is 8.35. The summed E-state index contributed by atoms with van der Waals surface area (Å²) < 4.78 is 40.1. The van der Waals surface area contributed by atoms with Crippen LogP contribution in [0.25, 0.3) is 17.0 Å². The number of rotatable bonds is 3. The van der Waals surface area contributed by atoms with Gasteiger partial charge in [-0.2, -0.15) is 13.2 Å². The fourth-order valence-corrected chi connectivity index (χ4v) is 3.09. The van der Waals surface area contributed by atoms with E-state index in [0.29, 0.717) is 17.2 Å². The van der Waals surface area contributed by atoms with Gasteiger partial charge in [0, 0.05) is 18.8 Å². The van der Waals surface area contributed by atoms with Gasteiger partial charge in [0.05, 0.1) is 29.8 Å². The van der Waals surface area contributed by atoms with Gasteiger partial charge in [0.2, 0.25) is 0 Å². The molecule has 0 aromatic carbocycles. The molecule has 26 heavy (non-hydrogen) atoms. The predicted molar refractivity (Wildman–Crippen MR) is 90.7 cm³/mol. The van der Waals surface area contributed by atoms with Gasteiger partial charge in [-0.3, -0.25) is 9.38 Å². The molecule has 3 aromatic rings. The zero-order chi connectivity index (χ0) is 18.1. The van der Waals surface area contributed by atoms with Crippen LogP contribution in [-0.4, -0.2) is 38.5 Å². The van der Waals surface area contributed by atoms with Crippen molar-refractivity contribution >= 4 is 11.5 Å². The lowest BCUT2D eigenvalue weighted by atomic mass is 10.1. The number of aromatic nitrogens is 4. The van der Waals surface area contributed by atoms with E-state index in [1.54, 1.807) is 16.8 Å². The average Bonchev–Trinajstić information content (AvgIpc) is 3.05. The third-order valence-corrected chi connectivity index (χ3v) is 4.39. The molecule has 6 nitrogen and oxygen atoms in total. The van der Waals surface area contributed by atoms with Crippen molar-refractivity contribution in [3.63, 3.8) is 0 Å². The van der Waals surface area contributed by atoms with Gasteiger partial charge in [-0.25, -0.2) is 9.97 Å². The van der Waals surface area contributed by atoms with Crippen molar-refractivity contribution in [2.75, 3.05) is 18.4 Å². The van der Waals surface area contributed by atoms with Crippen LogP contribution >= 0.6 is 0 Å². The summed E-state index contributed by atoms with van der Waals surface area (Å²) in [4.78, 5) is 12.8. The van der Waals surface area contributed by atoms with Gasteiger partial charge in [-0.1, -0.05) is 0 Å². The zero-order valence-corrected chi connectivity index (χ0v) is 13.8. The minimum Gasteiger partial charge on any atom is -0.365 e. The Balaban J connectivity index is 1.64. The van der Waals surface area contributed by atoms with Gasteiger partial charge < -0.3 is 10.6 Å². The van der Waals surface area contributed by atoms with Gasteiger partial charge >= 0.3 is 6.18 Å². The molecule has 0 saturated carbocycles. The van der Waals surface area contributed by atoms with Crippen molar-refractivity contribution in [3.8, 4) is 11.4 Å². The van der Waals surface area contributed by atoms with E-state index >= 15 is 0 Å². The number of nitrogens with one attached hydrogen (secondary N) is 2. The number of halogens is 3. The molecule has 3 aromatic heterocycles. The largest absolute Gasteiger partial charge is 0.416 e. The van der Waals surface area contributed by atoms with Crippen LogP contribution in [0.5, 0.6) is 0 Å². The molecule has 1 saturated heterocycles. The Bertz CT molecular complexity index is 914. The molecule has 1 atom stereocenters. The standard InChI is InChI=1S/C17H17F3N6/c18-17(19,20)11-3-5-26-14(9-23-16(26)6-11)13-8-22-10-15(25-13)24-12-2-1-4-21-7-12/h3,5-6,8-10,12,21H,1-2,4,7H2,(H,24,25). The normalized spacial score (nSPS) is 18.2. The van der Waals surface area contributed by atoms with Gasteiger partial charge in [0.1, 0.15) is 17.2 Å². The summed E-state index contributed by atoms with van der Waals surface area (Å²) in [5.74, 6) is 0.637. The minimum absolute atomic E-state index is 0.214. The molecule has 1 aliphatic rings. The van der Waals surface area contributed by atoms with Crippen molar-refractivity contribution in [2.45, 2.75) is 25.1 Å². The first-order valence-corrected chi connectivity index (χ1v) is 8.35. The molecule has 0 spiro atoms. The SMILES string of the molecule is FC(F)(F)c1ccn2c(-c3cncc(NC4CCCNC4)n3)cnc2c1. The second kappa shape index (κ2) is 6.56. The van der Waals surface area contributed by atoms with Crippen molar-refractivity contribution in [2.24, 2.45) is 0 Å². The van der Waals surface area contributed by atoms with E-state index in [2.05, 4.69) is 25.6 Å². The van der Waals surface area contributed by atoms with E-state index in [1.807, 2.05) is 0 Å². The molecule has 2 N–H and O–H groups in total. The molecule has 1 fully saturated rings. The fraction of sp³-hybridized carbons (Fsp3) is 0.353. The van der Waals surface area contributed by atoms with Crippen LogP contribution in [0.15, 0.2) is 36.9 Å². The van der Waals surface area contributed by atoms with Crippen LogP contribution in [-0.2, 0) is 6.18 Å². The van der Waals surface area contributed by atoms with E-state index in [4.69, 9.17) is 0 Å². The summed E-state index contributed by atoms with van der Waals surface area (Å²) >= 11 is 0. The second-order valence-electron chi connectivity index (χ2n) is 6.26. The second-order valence-corrected chi connectivity index (χ2v) is 6.26. The highest BCUT2D eigenvalue weighted by atomic mass is 19.4. The van der Waals surface area contributed by atoms with Crippen molar-refractivity contribution in [3.05, 3.63) is 42.5 Å². The highest BCUT2D eigenvalue weighted by Crippen LogP contribution is 2.30. The summed E-state index contributed by atoms with van der Waals surface area (Å²) in [6.07, 6.45) is 3.83. The third kappa shape index (κ3) is 3.34. The van der Waals surface area contributed by atoms with Crippen LogP contribution in [0, 0.1) is 0 Å². The Kier molecular flexibility index (Phi) is 4.23. The summed E-state index contributed by atoms with van der Waals surface area (Å²) in [7, 11) is 0. The molecule has 4 rings (SSSR count). The lowest BCUT2D eigenvalue weighted by Gasteiger charge is -2.24. The van der Waals surface area contributed by atoms with Gasteiger partial charge in [-0.05, 0) is 31.5 Å². The molecule has 4 heterocycles. The topological polar surface area (TPSA) is 67.1 Å². The Morgan fingerprint density at radius 2 is 2.12 bits per heavy atom. The maximum absolute atomic E-state index is 12.8. The summed E-state index contributed by atoms with van der Waals surface area (Å²) in [5, 5.41) is 6.67. The van der Waals surface area contributed by atoms with Crippen LogP contribution in [0.3, 0.4) is 0 Å². The molecule has 1 unspecified atom stereocenters. The highest BCUT2D eigenvalue weighted by molar-refractivity contribution is 5.61. The number of piperidine rings is 1. The van der Waals surface area contributed by atoms with Crippen LogP contribution in [0.4, 0.5) is 19.0 Å². The zero-order valence-electron chi connectivity index (χ0n) is 13.8. The summed E-state index contributed by atoms with van der Waals surface area (Å²) in [6.45, 7) is 1.88. The Hall–Kier alpha value is -2.68. The molecular formula is C17H17F3N6. The molecule has 9 heteroatoms. The summed E-state index contributed by atoms with van der Waals surface area (Å²) in [6, 6.07) is 2.33. The molecule has 1 aliphatic heterocycles. The van der Waals surface area contributed by atoms with Gasteiger partial charge in [-0.15, -0.1) is 0 Å². The van der Waals surface area contributed by atoms with Gasteiger partial charge in [0.15, 0.2) is 0 Å². The number of hydrogen-bond donors (Lipinski definition) is 2. The Morgan fingerprint density at radius 1 is 1.23 bits per heavy atom. The Morgan fingerprint density at radius 3 is 2.88 bits per heavy atom. The van der Waals surface area contributed by atoms with Crippen LogP contribution < -0.4 is 10.6 Å². The predicted octanol–water partition coefficient (Wildman–Crippen LogP) is 2.97. The number of imidazole rings is 1.